The Bertz CT molecular complexity index is 717. The summed E-state index contributed by atoms with van der Waals surface area (Å²) < 4.78 is 23.3. The Morgan fingerprint density at radius 3 is 2.62 bits per heavy atom. The van der Waals surface area contributed by atoms with E-state index in [0.29, 0.717) is 30.6 Å². The number of nitrogens with zero attached hydrogens (tertiary/aromatic N) is 2. The molecule has 3 rings (SSSR count). The molecule has 8 heteroatoms. The van der Waals surface area contributed by atoms with E-state index in [0.717, 1.165) is 23.1 Å². The summed E-state index contributed by atoms with van der Waals surface area (Å²) in [6, 6.07) is 0.460. The van der Waals surface area contributed by atoms with Gasteiger partial charge in [-0.3, -0.25) is 0 Å². The maximum Gasteiger partial charge on any atom is 0.191 e. The summed E-state index contributed by atoms with van der Waals surface area (Å²) in [6.07, 6.45) is 6.93. The van der Waals surface area contributed by atoms with Crippen LogP contribution in [0.25, 0.3) is 0 Å². The fourth-order valence-corrected chi connectivity index (χ4v) is 6.34. The summed E-state index contributed by atoms with van der Waals surface area (Å²) in [7, 11) is -2.84. The van der Waals surface area contributed by atoms with Gasteiger partial charge in [-0.2, -0.15) is 0 Å². The zero-order valence-electron chi connectivity index (χ0n) is 15.8. The molecule has 1 saturated heterocycles. The topological polar surface area (TPSA) is 83.5 Å². The van der Waals surface area contributed by atoms with E-state index in [9.17, 15) is 8.42 Å². The van der Waals surface area contributed by atoms with Crippen LogP contribution in [0, 0.1) is 19.8 Å². The molecule has 0 radical (unpaired) electrons. The van der Waals surface area contributed by atoms with E-state index in [1.165, 1.54) is 37.0 Å². The van der Waals surface area contributed by atoms with E-state index in [1.807, 2.05) is 6.92 Å². The van der Waals surface area contributed by atoms with Crippen LogP contribution in [0.4, 0.5) is 0 Å². The fraction of sp³-hybridized carbons (Fsp3) is 0.778. The standard InChI is InChI=1S/C18H30N4O2S2/c1-13-14(2)25-17(21-13)11-20-18(22-16-6-4-3-5-7-16)19-10-15-8-9-26(23,24)12-15/h15-16H,3-12H2,1-2H3,(H2,19,20,22). The van der Waals surface area contributed by atoms with Crippen LogP contribution in [0.5, 0.6) is 0 Å². The summed E-state index contributed by atoms with van der Waals surface area (Å²) >= 11 is 1.69. The third kappa shape index (κ3) is 5.67. The number of nitrogens with one attached hydrogen (secondary N) is 2. The summed E-state index contributed by atoms with van der Waals surface area (Å²) in [5.74, 6) is 1.59. The second kappa shape index (κ2) is 8.69. The van der Waals surface area contributed by atoms with Crippen LogP contribution < -0.4 is 10.6 Å². The summed E-state index contributed by atoms with van der Waals surface area (Å²) in [6.45, 7) is 5.33. The van der Waals surface area contributed by atoms with E-state index in [1.54, 1.807) is 11.3 Å². The van der Waals surface area contributed by atoms with Crippen molar-refractivity contribution in [1.29, 1.82) is 0 Å². The monoisotopic (exact) mass is 398 g/mol. The van der Waals surface area contributed by atoms with Gasteiger partial charge in [0.15, 0.2) is 15.8 Å². The lowest BCUT2D eigenvalue weighted by molar-refractivity contribution is 0.408. The second-order valence-electron chi connectivity index (χ2n) is 7.54. The first-order chi connectivity index (χ1) is 12.4. The molecule has 2 N–H and O–H groups in total. The molecule has 2 heterocycles. The molecule has 1 unspecified atom stereocenters. The van der Waals surface area contributed by atoms with Gasteiger partial charge >= 0.3 is 0 Å². The van der Waals surface area contributed by atoms with Crippen LogP contribution in [-0.2, 0) is 16.4 Å². The van der Waals surface area contributed by atoms with Crippen LogP contribution >= 0.6 is 11.3 Å². The average molecular weight is 399 g/mol. The normalized spacial score (nSPS) is 23.9. The molecule has 6 nitrogen and oxygen atoms in total. The predicted octanol–water partition coefficient (Wildman–Crippen LogP) is 2.56. The Morgan fingerprint density at radius 1 is 1.23 bits per heavy atom. The van der Waals surface area contributed by atoms with Crippen molar-refractivity contribution in [3.63, 3.8) is 0 Å². The van der Waals surface area contributed by atoms with Crippen molar-refractivity contribution >= 4 is 27.1 Å². The first kappa shape index (κ1) is 19.6. The Kier molecular flexibility index (Phi) is 6.55. The number of hydrogen-bond acceptors (Lipinski definition) is 5. The number of thiazole rings is 1. The Morgan fingerprint density at radius 2 is 2.00 bits per heavy atom. The third-order valence-corrected chi connectivity index (χ3v) is 8.17. The minimum absolute atomic E-state index is 0.183. The van der Waals surface area contributed by atoms with Gasteiger partial charge in [0.05, 0.1) is 23.7 Å². The molecule has 0 amide bonds. The molecule has 1 saturated carbocycles. The fourth-order valence-electron chi connectivity index (χ4n) is 3.62. The first-order valence-corrected chi connectivity index (χ1v) is 12.2. The molecule has 0 bridgehead atoms. The number of rotatable bonds is 5. The molecular weight excluding hydrogens is 368 g/mol. The average Bonchev–Trinajstić information content (AvgIpc) is 3.12. The van der Waals surface area contributed by atoms with Gasteiger partial charge in [-0.25, -0.2) is 18.4 Å². The van der Waals surface area contributed by atoms with Gasteiger partial charge in [0.1, 0.15) is 5.01 Å². The summed E-state index contributed by atoms with van der Waals surface area (Å²) in [5, 5.41) is 7.97. The maximum absolute atomic E-state index is 11.7. The molecule has 0 spiro atoms. The third-order valence-electron chi connectivity index (χ3n) is 5.28. The Labute approximate surface area is 160 Å². The predicted molar refractivity (Wildman–Crippen MR) is 107 cm³/mol. The molecule has 26 heavy (non-hydrogen) atoms. The quantitative estimate of drug-likeness (QED) is 0.588. The largest absolute Gasteiger partial charge is 0.356 e. The molecule has 1 aromatic rings. The van der Waals surface area contributed by atoms with Crippen molar-refractivity contribution in [2.75, 3.05) is 18.1 Å². The molecule has 0 aromatic carbocycles. The van der Waals surface area contributed by atoms with Crippen molar-refractivity contribution in [2.24, 2.45) is 10.9 Å². The molecule has 1 aliphatic carbocycles. The maximum atomic E-state index is 11.7. The van der Waals surface area contributed by atoms with Crippen LogP contribution in [0.1, 0.15) is 54.1 Å². The first-order valence-electron chi connectivity index (χ1n) is 9.59. The lowest BCUT2D eigenvalue weighted by Crippen LogP contribution is -2.45. The van der Waals surface area contributed by atoms with E-state index in [2.05, 4.69) is 22.5 Å². The van der Waals surface area contributed by atoms with E-state index >= 15 is 0 Å². The van der Waals surface area contributed by atoms with Crippen molar-refractivity contribution in [3.8, 4) is 0 Å². The Balaban J connectivity index is 1.61. The van der Waals surface area contributed by atoms with Gasteiger partial charge in [0.2, 0.25) is 0 Å². The van der Waals surface area contributed by atoms with Gasteiger partial charge in [-0.1, -0.05) is 19.3 Å². The number of guanidine groups is 1. The van der Waals surface area contributed by atoms with Gasteiger partial charge < -0.3 is 10.6 Å². The van der Waals surface area contributed by atoms with Gasteiger partial charge in [-0.05, 0) is 39.0 Å². The molecule has 146 valence electrons. The highest BCUT2D eigenvalue weighted by Gasteiger charge is 2.28. The zero-order chi connectivity index (χ0) is 18.6. The number of aliphatic imine (C=N–C) groups is 1. The van der Waals surface area contributed by atoms with Crippen LogP contribution in [0.3, 0.4) is 0 Å². The van der Waals surface area contributed by atoms with Crippen LogP contribution in [0.2, 0.25) is 0 Å². The second-order valence-corrected chi connectivity index (χ2v) is 11.1. The molecular formula is C18H30N4O2S2. The molecule has 1 aromatic heterocycles. The number of hydrogen-bond donors (Lipinski definition) is 2. The molecule has 1 aliphatic heterocycles. The van der Waals surface area contributed by atoms with Gasteiger partial charge in [-0.15, -0.1) is 11.3 Å². The van der Waals surface area contributed by atoms with Crippen LogP contribution in [0.15, 0.2) is 4.99 Å². The number of aryl methyl sites for hydroxylation is 2. The minimum atomic E-state index is -2.84. The number of sulfone groups is 1. The highest BCUT2D eigenvalue weighted by atomic mass is 32.2. The number of aromatic nitrogens is 1. The van der Waals surface area contributed by atoms with Crippen LogP contribution in [-0.4, -0.2) is 43.5 Å². The Hall–Kier alpha value is -1.15. The SMILES string of the molecule is Cc1nc(CN=C(NCC2CCS(=O)(=O)C2)NC2CCCCC2)sc1C. The highest BCUT2D eigenvalue weighted by Crippen LogP contribution is 2.20. The smallest absolute Gasteiger partial charge is 0.191 e. The minimum Gasteiger partial charge on any atom is -0.356 e. The molecule has 2 aliphatic rings. The molecule has 1 atom stereocenters. The highest BCUT2D eigenvalue weighted by molar-refractivity contribution is 7.91. The van der Waals surface area contributed by atoms with Crippen molar-refractivity contribution in [2.45, 2.75) is 65.0 Å². The van der Waals surface area contributed by atoms with Crippen molar-refractivity contribution in [1.82, 2.24) is 15.6 Å². The van der Waals surface area contributed by atoms with Gasteiger partial charge in [0.25, 0.3) is 0 Å². The van der Waals surface area contributed by atoms with E-state index in [4.69, 9.17) is 4.99 Å². The van der Waals surface area contributed by atoms with E-state index < -0.39 is 9.84 Å². The summed E-state index contributed by atoms with van der Waals surface area (Å²) in [4.78, 5) is 10.5. The van der Waals surface area contributed by atoms with Gasteiger partial charge in [0, 0.05) is 17.5 Å². The lowest BCUT2D eigenvalue weighted by Gasteiger charge is -2.25. The zero-order valence-corrected chi connectivity index (χ0v) is 17.4. The lowest BCUT2D eigenvalue weighted by atomic mass is 9.96. The van der Waals surface area contributed by atoms with Crippen molar-refractivity contribution in [3.05, 3.63) is 15.6 Å². The van der Waals surface area contributed by atoms with E-state index in [-0.39, 0.29) is 5.92 Å². The summed E-state index contributed by atoms with van der Waals surface area (Å²) in [5.41, 5.74) is 1.08. The molecule has 2 fully saturated rings. The van der Waals surface area contributed by atoms with Crippen molar-refractivity contribution < 1.29 is 8.42 Å².